The fourth-order valence-electron chi connectivity index (χ4n) is 1.35. The number of para-hydroxylation sites is 1. The Labute approximate surface area is 153 Å². The molecular formula is C10H9BF6KNO. The maximum atomic E-state index is 12.5. The minimum atomic E-state index is -5.13. The molecular weight excluding hydrogens is 314 g/mol. The second-order valence-corrected chi connectivity index (χ2v) is 3.84. The number of anilines is 1. The Bertz CT molecular complexity index is 462. The molecule has 0 aliphatic rings. The Hall–Kier alpha value is -0.0287. The summed E-state index contributed by atoms with van der Waals surface area (Å²) in [5.41, 5.74) is -1.64. The minimum absolute atomic E-state index is 0. The molecule has 0 atom stereocenters. The van der Waals surface area contributed by atoms with Gasteiger partial charge in [0.25, 0.3) is 0 Å². The summed E-state index contributed by atoms with van der Waals surface area (Å²) in [6.45, 7) is -5.13. The standard InChI is InChI=1S/C10H9BF6NO.K/c12-10(13,14)7-3-1-2-4-8(7)18-9(19)5-6-11(15,16)17;/h1-4H,5-6H2,(H,18,19);/q-1;+1. The first-order valence-electron chi connectivity index (χ1n) is 5.26. The van der Waals surface area contributed by atoms with Gasteiger partial charge in [0.15, 0.2) is 0 Å². The van der Waals surface area contributed by atoms with E-state index in [1.54, 1.807) is 0 Å². The second kappa shape index (κ2) is 7.83. The first-order chi connectivity index (χ1) is 8.59. The first kappa shape index (κ1) is 20.0. The molecule has 1 aromatic carbocycles. The zero-order valence-electron chi connectivity index (χ0n) is 10.5. The molecule has 0 aliphatic heterocycles. The van der Waals surface area contributed by atoms with E-state index in [1.165, 1.54) is 6.07 Å². The van der Waals surface area contributed by atoms with E-state index in [2.05, 4.69) is 0 Å². The predicted octanol–water partition coefficient (Wildman–Crippen LogP) is 0.885. The van der Waals surface area contributed by atoms with E-state index in [1.807, 2.05) is 5.32 Å². The van der Waals surface area contributed by atoms with Gasteiger partial charge < -0.3 is 18.3 Å². The second-order valence-electron chi connectivity index (χ2n) is 3.84. The van der Waals surface area contributed by atoms with Gasteiger partial charge in [0.1, 0.15) is 0 Å². The summed E-state index contributed by atoms with van der Waals surface area (Å²) >= 11 is 0. The number of alkyl halides is 3. The molecule has 0 saturated carbocycles. The molecule has 0 fully saturated rings. The van der Waals surface area contributed by atoms with Crippen molar-refractivity contribution in [3.8, 4) is 0 Å². The topological polar surface area (TPSA) is 29.1 Å². The molecule has 1 aromatic rings. The summed E-state index contributed by atoms with van der Waals surface area (Å²) in [4.78, 5) is 11.2. The summed E-state index contributed by atoms with van der Waals surface area (Å²) in [5.74, 6) is -1.10. The predicted molar refractivity (Wildman–Crippen MR) is 58.6 cm³/mol. The zero-order chi connectivity index (χ0) is 14.7. The molecule has 0 aliphatic carbocycles. The molecule has 106 valence electrons. The normalized spacial score (nSPS) is 11.7. The Balaban J connectivity index is 0.00000361. The molecule has 2 nitrogen and oxygen atoms in total. The molecule has 0 radical (unpaired) electrons. The fraction of sp³-hybridized carbons (Fsp3) is 0.300. The fourth-order valence-corrected chi connectivity index (χ4v) is 1.35. The van der Waals surface area contributed by atoms with Crippen molar-refractivity contribution in [1.29, 1.82) is 0 Å². The first-order valence-corrected chi connectivity index (χ1v) is 5.26. The maximum absolute atomic E-state index is 12.5. The number of carbonyl (C=O) groups excluding carboxylic acids is 1. The third kappa shape index (κ3) is 7.12. The van der Waals surface area contributed by atoms with Crippen LogP contribution in [0.2, 0.25) is 6.32 Å². The molecule has 1 amide bonds. The van der Waals surface area contributed by atoms with Gasteiger partial charge >= 0.3 is 64.5 Å². The van der Waals surface area contributed by atoms with Gasteiger partial charge in [0.05, 0.1) is 11.3 Å². The van der Waals surface area contributed by atoms with E-state index < -0.39 is 43.1 Å². The number of hydrogen-bond acceptors (Lipinski definition) is 1. The summed E-state index contributed by atoms with van der Waals surface area (Å²) in [7, 11) is 0. The third-order valence-corrected chi connectivity index (χ3v) is 2.21. The van der Waals surface area contributed by atoms with Gasteiger partial charge in [-0.15, -0.1) is 0 Å². The molecule has 0 aromatic heterocycles. The van der Waals surface area contributed by atoms with Gasteiger partial charge in [-0.3, -0.25) is 4.79 Å². The third-order valence-electron chi connectivity index (χ3n) is 2.21. The Morgan fingerprint density at radius 1 is 1.15 bits per heavy atom. The molecule has 0 heterocycles. The number of halogens is 6. The van der Waals surface area contributed by atoms with Gasteiger partial charge in [-0.05, 0) is 12.1 Å². The van der Waals surface area contributed by atoms with Crippen molar-refractivity contribution < 1.29 is 82.3 Å². The van der Waals surface area contributed by atoms with Crippen molar-refractivity contribution in [2.75, 3.05) is 5.32 Å². The van der Waals surface area contributed by atoms with E-state index in [-0.39, 0.29) is 51.4 Å². The number of carbonyl (C=O) groups is 1. The van der Waals surface area contributed by atoms with E-state index >= 15 is 0 Å². The van der Waals surface area contributed by atoms with Crippen LogP contribution in [-0.2, 0) is 11.0 Å². The molecule has 1 rings (SSSR count). The van der Waals surface area contributed by atoms with Gasteiger partial charge in [-0.1, -0.05) is 18.5 Å². The van der Waals surface area contributed by atoms with Crippen molar-refractivity contribution in [1.82, 2.24) is 0 Å². The van der Waals surface area contributed by atoms with Crippen LogP contribution in [0.3, 0.4) is 0 Å². The molecule has 10 heteroatoms. The van der Waals surface area contributed by atoms with E-state index in [4.69, 9.17) is 0 Å². The average Bonchev–Trinajstić information content (AvgIpc) is 2.25. The van der Waals surface area contributed by atoms with E-state index in [0.717, 1.165) is 18.2 Å². The average molecular weight is 323 g/mol. The zero-order valence-corrected chi connectivity index (χ0v) is 13.6. The number of rotatable bonds is 4. The number of amides is 1. The van der Waals surface area contributed by atoms with Crippen molar-refractivity contribution in [3.63, 3.8) is 0 Å². The Morgan fingerprint density at radius 3 is 2.20 bits per heavy atom. The number of nitrogens with one attached hydrogen (secondary N) is 1. The van der Waals surface area contributed by atoms with Crippen LogP contribution in [0.1, 0.15) is 12.0 Å². The van der Waals surface area contributed by atoms with Crippen LogP contribution in [0.4, 0.5) is 31.8 Å². The SMILES string of the molecule is O=C(CC[B-](F)(F)F)Nc1ccccc1C(F)(F)F.[K+]. The van der Waals surface area contributed by atoms with Gasteiger partial charge in [0, 0.05) is 6.42 Å². The number of benzene rings is 1. The van der Waals surface area contributed by atoms with Gasteiger partial charge in [0.2, 0.25) is 5.91 Å². The van der Waals surface area contributed by atoms with Crippen LogP contribution < -0.4 is 56.7 Å². The van der Waals surface area contributed by atoms with Crippen LogP contribution >= 0.6 is 0 Å². The van der Waals surface area contributed by atoms with Crippen LogP contribution in [-0.4, -0.2) is 12.9 Å². The summed E-state index contributed by atoms with van der Waals surface area (Å²) in [5, 5.41) is 1.84. The van der Waals surface area contributed by atoms with Crippen LogP contribution in [0, 0.1) is 0 Å². The Morgan fingerprint density at radius 2 is 1.70 bits per heavy atom. The molecule has 0 bridgehead atoms. The van der Waals surface area contributed by atoms with Crippen molar-refractivity contribution in [3.05, 3.63) is 29.8 Å². The van der Waals surface area contributed by atoms with Crippen molar-refractivity contribution >= 4 is 18.6 Å². The van der Waals surface area contributed by atoms with Crippen molar-refractivity contribution in [2.45, 2.75) is 18.9 Å². The van der Waals surface area contributed by atoms with Crippen LogP contribution in [0.25, 0.3) is 0 Å². The van der Waals surface area contributed by atoms with E-state index in [0.29, 0.717) is 0 Å². The quantitative estimate of drug-likeness (QED) is 0.647. The van der Waals surface area contributed by atoms with Gasteiger partial charge in [-0.25, -0.2) is 0 Å². The maximum Gasteiger partial charge on any atom is 1.00 e. The molecule has 20 heavy (non-hydrogen) atoms. The van der Waals surface area contributed by atoms with Crippen LogP contribution in [0.15, 0.2) is 24.3 Å². The molecule has 0 unspecified atom stereocenters. The minimum Gasteiger partial charge on any atom is -0.449 e. The van der Waals surface area contributed by atoms with Gasteiger partial charge in [-0.2, -0.15) is 13.2 Å². The van der Waals surface area contributed by atoms with E-state index in [9.17, 15) is 30.9 Å². The van der Waals surface area contributed by atoms with Crippen LogP contribution in [0.5, 0.6) is 0 Å². The monoisotopic (exact) mass is 323 g/mol. The molecule has 0 saturated heterocycles. The largest absolute Gasteiger partial charge is 1.00 e. The summed E-state index contributed by atoms with van der Waals surface area (Å²) < 4.78 is 73.4. The smallest absolute Gasteiger partial charge is 0.449 e. The Kier molecular flexibility index (Phi) is 7.82. The molecule has 0 spiro atoms. The summed E-state index contributed by atoms with van der Waals surface area (Å²) in [6.07, 6.45) is -6.90. The molecule has 1 N–H and O–H groups in total. The number of hydrogen-bond donors (Lipinski definition) is 1. The summed E-state index contributed by atoms with van der Waals surface area (Å²) in [6, 6.07) is 4.10. The van der Waals surface area contributed by atoms with Crippen molar-refractivity contribution in [2.24, 2.45) is 0 Å².